The van der Waals surface area contributed by atoms with Gasteiger partial charge in [-0.25, -0.2) is 0 Å². The summed E-state index contributed by atoms with van der Waals surface area (Å²) in [6.45, 7) is 1.63. The molecule has 3 rings (SSSR count). The Balaban J connectivity index is 1.88. The van der Waals surface area contributed by atoms with Crippen molar-refractivity contribution in [3.05, 3.63) is 71.8 Å². The Morgan fingerprint density at radius 1 is 0.833 bits per heavy atom. The molecule has 1 aliphatic rings. The number of nitrogens with one attached hydrogen (secondary N) is 1. The molecule has 2 aromatic rings. The summed E-state index contributed by atoms with van der Waals surface area (Å²) in [5.74, 6) is 0. The molecule has 2 aromatic carbocycles. The summed E-state index contributed by atoms with van der Waals surface area (Å²) < 4.78 is 5.24. The van der Waals surface area contributed by atoms with Crippen molar-refractivity contribution in [1.29, 1.82) is 0 Å². The van der Waals surface area contributed by atoms with Crippen LogP contribution < -0.4 is 5.32 Å². The molecule has 92 valence electrons. The van der Waals surface area contributed by atoms with Gasteiger partial charge in [-0.15, -0.1) is 0 Å². The lowest BCUT2D eigenvalue weighted by Crippen LogP contribution is -2.47. The molecule has 0 unspecified atom stereocenters. The molecule has 0 saturated carbocycles. The molecule has 0 atom stereocenters. The average Bonchev–Trinajstić information content (AvgIpc) is 2.40. The zero-order chi connectivity index (χ0) is 12.2. The second-order valence-corrected chi connectivity index (χ2v) is 4.66. The van der Waals surface area contributed by atoms with E-state index in [1.54, 1.807) is 0 Å². The minimum absolute atomic E-state index is 0.251. The van der Waals surface area contributed by atoms with Gasteiger partial charge in [-0.3, -0.25) is 5.32 Å². The van der Waals surface area contributed by atoms with E-state index < -0.39 is 0 Å². The number of benzene rings is 2. The minimum atomic E-state index is 0.251. The molecular weight excluding hydrogens is 222 g/mol. The molecule has 2 nitrogen and oxygen atoms in total. The van der Waals surface area contributed by atoms with Crippen LogP contribution >= 0.6 is 0 Å². The highest BCUT2D eigenvalue weighted by molar-refractivity contribution is 5.31. The van der Waals surface area contributed by atoms with E-state index in [0.717, 1.165) is 13.2 Å². The zero-order valence-electron chi connectivity index (χ0n) is 10.3. The predicted octanol–water partition coefficient (Wildman–Crippen LogP) is 2.76. The summed E-state index contributed by atoms with van der Waals surface area (Å²) in [6.07, 6.45) is 0. The van der Waals surface area contributed by atoms with Crippen LogP contribution in [0.15, 0.2) is 60.7 Å². The lowest BCUT2D eigenvalue weighted by Gasteiger charge is -2.32. The van der Waals surface area contributed by atoms with Gasteiger partial charge in [0.05, 0.1) is 25.3 Å². The Hall–Kier alpha value is -1.64. The normalized spacial score (nSPS) is 15.6. The molecule has 1 saturated heterocycles. The van der Waals surface area contributed by atoms with Crippen LogP contribution in [-0.2, 0) is 4.74 Å². The summed E-state index contributed by atoms with van der Waals surface area (Å²) in [4.78, 5) is 0. The van der Waals surface area contributed by atoms with Gasteiger partial charge >= 0.3 is 0 Å². The molecule has 0 bridgehead atoms. The van der Waals surface area contributed by atoms with Gasteiger partial charge in [-0.2, -0.15) is 0 Å². The van der Waals surface area contributed by atoms with Crippen LogP contribution in [0, 0.1) is 0 Å². The van der Waals surface area contributed by atoms with Crippen LogP contribution in [0.1, 0.15) is 17.2 Å². The fraction of sp³-hybridized carbons (Fsp3) is 0.250. The van der Waals surface area contributed by atoms with Crippen molar-refractivity contribution in [2.75, 3.05) is 13.2 Å². The maximum Gasteiger partial charge on any atom is 0.0643 e. The third-order valence-corrected chi connectivity index (χ3v) is 3.31. The van der Waals surface area contributed by atoms with Crippen LogP contribution in [0.3, 0.4) is 0 Å². The molecule has 1 N–H and O–H groups in total. The molecule has 0 aliphatic carbocycles. The summed E-state index contributed by atoms with van der Waals surface area (Å²) >= 11 is 0. The minimum Gasteiger partial charge on any atom is -0.378 e. The summed E-state index contributed by atoms with van der Waals surface area (Å²) in [5.41, 5.74) is 2.60. The van der Waals surface area contributed by atoms with Gasteiger partial charge in [-0.05, 0) is 11.1 Å². The van der Waals surface area contributed by atoms with Gasteiger partial charge in [0.25, 0.3) is 0 Å². The largest absolute Gasteiger partial charge is 0.378 e. The first-order valence-corrected chi connectivity index (χ1v) is 6.37. The lowest BCUT2D eigenvalue weighted by atomic mass is 9.97. The van der Waals surface area contributed by atoms with Crippen molar-refractivity contribution >= 4 is 0 Å². The molecular formula is C16H17NO. The average molecular weight is 239 g/mol. The van der Waals surface area contributed by atoms with Gasteiger partial charge < -0.3 is 4.74 Å². The van der Waals surface area contributed by atoms with Crippen molar-refractivity contribution < 1.29 is 4.74 Å². The van der Waals surface area contributed by atoms with Crippen molar-refractivity contribution in [2.24, 2.45) is 0 Å². The number of ether oxygens (including phenoxy) is 1. The van der Waals surface area contributed by atoms with Crippen LogP contribution in [-0.4, -0.2) is 19.3 Å². The molecule has 1 aliphatic heterocycles. The molecule has 1 fully saturated rings. The Morgan fingerprint density at radius 3 is 1.72 bits per heavy atom. The SMILES string of the molecule is c1ccc(C(NC2COC2)c2ccccc2)cc1. The second kappa shape index (κ2) is 5.34. The topological polar surface area (TPSA) is 21.3 Å². The standard InChI is InChI=1S/C16H17NO/c1-3-7-13(8-4-1)16(17-15-11-18-12-15)14-9-5-2-6-10-14/h1-10,15-17H,11-12H2. The Morgan fingerprint density at radius 2 is 1.33 bits per heavy atom. The monoisotopic (exact) mass is 239 g/mol. The molecule has 1 heterocycles. The van der Waals surface area contributed by atoms with Gasteiger partial charge in [0, 0.05) is 0 Å². The zero-order valence-corrected chi connectivity index (χ0v) is 10.3. The van der Waals surface area contributed by atoms with E-state index in [2.05, 4.69) is 66.0 Å². The Bertz CT molecular complexity index is 439. The smallest absolute Gasteiger partial charge is 0.0643 e. The van der Waals surface area contributed by atoms with Crippen LogP contribution in [0.4, 0.5) is 0 Å². The third kappa shape index (κ3) is 2.45. The quantitative estimate of drug-likeness (QED) is 0.885. The summed E-state index contributed by atoms with van der Waals surface area (Å²) in [6, 6.07) is 21.9. The third-order valence-electron chi connectivity index (χ3n) is 3.31. The predicted molar refractivity (Wildman–Crippen MR) is 72.5 cm³/mol. The van der Waals surface area contributed by atoms with Crippen molar-refractivity contribution in [3.8, 4) is 0 Å². The molecule has 2 heteroatoms. The molecule has 18 heavy (non-hydrogen) atoms. The Labute approximate surface area is 108 Å². The van der Waals surface area contributed by atoms with Crippen molar-refractivity contribution in [3.63, 3.8) is 0 Å². The molecule has 0 aromatic heterocycles. The van der Waals surface area contributed by atoms with Crippen LogP contribution in [0.5, 0.6) is 0 Å². The van der Waals surface area contributed by atoms with E-state index in [1.807, 2.05) is 0 Å². The molecule has 0 radical (unpaired) electrons. The fourth-order valence-corrected chi connectivity index (χ4v) is 2.24. The maximum absolute atomic E-state index is 5.24. The molecule has 0 spiro atoms. The van der Waals surface area contributed by atoms with E-state index >= 15 is 0 Å². The second-order valence-electron chi connectivity index (χ2n) is 4.66. The first-order chi connectivity index (χ1) is 8.93. The maximum atomic E-state index is 5.24. The number of rotatable bonds is 4. The van der Waals surface area contributed by atoms with Crippen LogP contribution in [0.2, 0.25) is 0 Å². The van der Waals surface area contributed by atoms with E-state index in [4.69, 9.17) is 4.74 Å². The number of hydrogen-bond donors (Lipinski definition) is 1. The highest BCUT2D eigenvalue weighted by atomic mass is 16.5. The summed E-state index contributed by atoms with van der Waals surface area (Å²) in [7, 11) is 0. The highest BCUT2D eigenvalue weighted by Crippen LogP contribution is 2.23. The first kappa shape index (κ1) is 11.5. The van der Waals surface area contributed by atoms with Gasteiger partial charge in [-0.1, -0.05) is 60.7 Å². The highest BCUT2D eigenvalue weighted by Gasteiger charge is 2.23. The van der Waals surface area contributed by atoms with E-state index in [-0.39, 0.29) is 6.04 Å². The number of hydrogen-bond acceptors (Lipinski definition) is 2. The van der Waals surface area contributed by atoms with Crippen LogP contribution in [0.25, 0.3) is 0 Å². The first-order valence-electron chi connectivity index (χ1n) is 6.37. The molecule has 0 amide bonds. The fourth-order valence-electron chi connectivity index (χ4n) is 2.24. The van der Waals surface area contributed by atoms with E-state index in [9.17, 15) is 0 Å². The van der Waals surface area contributed by atoms with Gasteiger partial charge in [0.2, 0.25) is 0 Å². The van der Waals surface area contributed by atoms with Gasteiger partial charge in [0.1, 0.15) is 0 Å². The van der Waals surface area contributed by atoms with Crippen molar-refractivity contribution in [2.45, 2.75) is 12.1 Å². The van der Waals surface area contributed by atoms with E-state index in [0.29, 0.717) is 6.04 Å². The lowest BCUT2D eigenvalue weighted by molar-refractivity contribution is -0.00826. The van der Waals surface area contributed by atoms with Crippen molar-refractivity contribution in [1.82, 2.24) is 5.32 Å². The van der Waals surface area contributed by atoms with E-state index in [1.165, 1.54) is 11.1 Å². The van der Waals surface area contributed by atoms with Gasteiger partial charge in [0.15, 0.2) is 0 Å². The Kier molecular flexibility index (Phi) is 3.40. The summed E-state index contributed by atoms with van der Waals surface area (Å²) in [5, 5.41) is 3.66.